The number of hydrogen-bond acceptors (Lipinski definition) is 8. The van der Waals surface area contributed by atoms with Gasteiger partial charge in [0.2, 0.25) is 0 Å². The highest BCUT2D eigenvalue weighted by Crippen LogP contribution is 2.31. The van der Waals surface area contributed by atoms with Crippen LogP contribution in [0.15, 0.2) is 71.5 Å². The molecule has 4 rings (SSSR count). The van der Waals surface area contributed by atoms with Crippen LogP contribution in [0.1, 0.15) is 22.5 Å². The number of nitrogens with zero attached hydrogens (tertiary/aromatic N) is 3. The maximum atomic E-state index is 9.48. The van der Waals surface area contributed by atoms with E-state index in [-0.39, 0.29) is 6.73 Å². The zero-order chi connectivity index (χ0) is 23.9. The Bertz CT molecular complexity index is 1230. The lowest BCUT2D eigenvalue weighted by Crippen LogP contribution is -2.37. The van der Waals surface area contributed by atoms with Crippen LogP contribution in [0.5, 0.6) is 5.75 Å². The number of rotatable bonds is 10. The lowest BCUT2D eigenvalue weighted by atomic mass is 10.1. The third kappa shape index (κ3) is 6.15. The van der Waals surface area contributed by atoms with Crippen molar-refractivity contribution in [3.05, 3.63) is 89.5 Å². The molecule has 3 N–H and O–H groups in total. The number of nitrogen functional groups attached to an aromatic ring is 1. The van der Waals surface area contributed by atoms with E-state index in [9.17, 15) is 4.89 Å². The Morgan fingerprint density at radius 3 is 2.71 bits per heavy atom. The fourth-order valence-corrected chi connectivity index (χ4v) is 3.67. The van der Waals surface area contributed by atoms with Gasteiger partial charge >= 0.3 is 8.60 Å². The van der Waals surface area contributed by atoms with Crippen molar-refractivity contribution in [2.24, 2.45) is 0 Å². The molecule has 4 aromatic rings. The summed E-state index contributed by atoms with van der Waals surface area (Å²) in [5.41, 5.74) is 10.8. The van der Waals surface area contributed by atoms with Gasteiger partial charge in [-0.2, -0.15) is 0 Å². The van der Waals surface area contributed by atoms with Crippen LogP contribution in [0, 0.1) is 6.92 Å². The Morgan fingerprint density at radius 2 is 1.94 bits per heavy atom. The number of hydrogen-bond donors (Lipinski definition) is 2. The highest BCUT2D eigenvalue weighted by Gasteiger charge is 2.18. The maximum absolute atomic E-state index is 9.48. The van der Waals surface area contributed by atoms with Crippen molar-refractivity contribution in [1.29, 1.82) is 0 Å². The van der Waals surface area contributed by atoms with E-state index < -0.39 is 8.60 Å². The first-order valence-corrected chi connectivity index (χ1v) is 11.7. The topological polar surface area (TPSA) is 117 Å². The second kappa shape index (κ2) is 11.2. The van der Waals surface area contributed by atoms with Gasteiger partial charge in [0.1, 0.15) is 17.9 Å². The molecule has 0 aliphatic carbocycles. The minimum atomic E-state index is -1.94. The third-order valence-corrected chi connectivity index (χ3v) is 5.73. The quantitative estimate of drug-likeness (QED) is 0.259. The molecule has 0 fully saturated rings. The third-order valence-electron chi connectivity index (χ3n) is 5.08. The van der Waals surface area contributed by atoms with Crippen LogP contribution in [-0.2, 0) is 28.8 Å². The van der Waals surface area contributed by atoms with Crippen molar-refractivity contribution in [1.82, 2.24) is 10.1 Å². The van der Waals surface area contributed by atoms with E-state index in [2.05, 4.69) is 10.1 Å². The Morgan fingerprint density at radius 1 is 1.12 bits per heavy atom. The van der Waals surface area contributed by atoms with Crippen LogP contribution >= 0.6 is 8.60 Å². The summed E-state index contributed by atoms with van der Waals surface area (Å²) in [6, 6.07) is 17.4. The predicted molar refractivity (Wildman–Crippen MR) is 126 cm³/mol. The highest BCUT2D eigenvalue weighted by atomic mass is 31.2. The van der Waals surface area contributed by atoms with Gasteiger partial charge in [0, 0.05) is 31.5 Å². The molecule has 0 saturated carbocycles. The van der Waals surface area contributed by atoms with Gasteiger partial charge < -0.3 is 18.7 Å². The smallest absolute Gasteiger partial charge is 0.332 e. The summed E-state index contributed by atoms with van der Waals surface area (Å²) in [5.74, 6) is 1.77. The summed E-state index contributed by atoms with van der Waals surface area (Å²) >= 11 is 0. The van der Waals surface area contributed by atoms with Crippen molar-refractivity contribution in [3.63, 3.8) is 0 Å². The molecule has 0 aliphatic heterocycles. The number of anilines is 1. The number of nitrogens with two attached hydrogens (primary N) is 1. The van der Waals surface area contributed by atoms with Gasteiger partial charge in [-0.25, -0.2) is 4.57 Å². The largest absolute Gasteiger partial charge is 0.489 e. The average Bonchev–Trinajstić information content (AvgIpc) is 3.31. The van der Waals surface area contributed by atoms with Crippen molar-refractivity contribution in [3.8, 4) is 17.1 Å². The average molecular weight is 481 g/mol. The van der Waals surface area contributed by atoms with E-state index in [4.69, 9.17) is 24.0 Å². The Balaban J connectivity index is 1.38. The Kier molecular flexibility index (Phi) is 7.82. The van der Waals surface area contributed by atoms with Crippen LogP contribution in [0.25, 0.3) is 11.3 Å². The minimum absolute atomic E-state index is 0.0475. The zero-order valence-corrected chi connectivity index (χ0v) is 19.8. The van der Waals surface area contributed by atoms with Crippen molar-refractivity contribution >= 4 is 14.4 Å². The summed E-state index contributed by atoms with van der Waals surface area (Å²) in [5, 5.41) is 4.19. The summed E-state index contributed by atoms with van der Waals surface area (Å²) in [6.45, 7) is 2.50. The zero-order valence-electron chi connectivity index (χ0n) is 18.9. The van der Waals surface area contributed by atoms with E-state index in [1.54, 1.807) is 17.0 Å². The van der Waals surface area contributed by atoms with Gasteiger partial charge in [-0.15, -0.1) is 0 Å². The van der Waals surface area contributed by atoms with Gasteiger partial charge in [0.05, 0.1) is 11.9 Å². The van der Waals surface area contributed by atoms with Crippen LogP contribution in [0.4, 0.5) is 5.82 Å². The van der Waals surface area contributed by atoms with E-state index >= 15 is 0 Å². The minimum Gasteiger partial charge on any atom is -0.489 e. The highest BCUT2D eigenvalue weighted by molar-refractivity contribution is 7.40. The molecule has 0 amide bonds. The fourth-order valence-electron chi connectivity index (χ4n) is 3.34. The molecule has 10 heteroatoms. The first kappa shape index (κ1) is 23.8. The van der Waals surface area contributed by atoms with E-state index in [0.29, 0.717) is 30.2 Å². The van der Waals surface area contributed by atoms with Gasteiger partial charge in [-0.1, -0.05) is 17.3 Å². The second-order valence-corrected chi connectivity index (χ2v) is 8.65. The molecule has 0 saturated heterocycles. The van der Waals surface area contributed by atoms with Gasteiger partial charge in [-0.05, 0) is 54.4 Å². The fraction of sp³-hybridized carbons (Fsp3) is 0.208. The predicted octanol–water partition coefficient (Wildman–Crippen LogP) is 3.92. The van der Waals surface area contributed by atoms with Crippen molar-refractivity contribution in [2.45, 2.75) is 26.7 Å². The number of benzene rings is 1. The summed E-state index contributed by atoms with van der Waals surface area (Å²) < 4.78 is 23.0. The molecular formula is C24H26N4O5P+. The molecule has 0 spiro atoms. The lowest BCUT2D eigenvalue weighted by Gasteiger charge is -2.08. The Hall–Kier alpha value is -3.36. The Labute approximate surface area is 198 Å². The molecule has 9 nitrogen and oxygen atoms in total. The SMILES string of the molecule is COP(O)OC[n+]1cccc(-c2cc(Cc3ccc(OCc4ccnc(C)c4)cc3)no2)c1N. The summed E-state index contributed by atoms with van der Waals surface area (Å²) in [6.07, 6.45) is 4.13. The second-order valence-electron chi connectivity index (χ2n) is 7.55. The van der Waals surface area contributed by atoms with E-state index in [1.807, 2.05) is 61.5 Å². The molecule has 176 valence electrons. The van der Waals surface area contributed by atoms with E-state index in [0.717, 1.165) is 28.3 Å². The van der Waals surface area contributed by atoms with Crippen molar-refractivity contribution < 1.29 is 27.8 Å². The van der Waals surface area contributed by atoms with Crippen LogP contribution < -0.4 is 15.0 Å². The van der Waals surface area contributed by atoms with Crippen LogP contribution in [0.2, 0.25) is 0 Å². The normalized spacial score (nSPS) is 12.0. The molecule has 34 heavy (non-hydrogen) atoms. The number of aromatic nitrogens is 3. The molecule has 0 aliphatic rings. The molecule has 1 aromatic carbocycles. The first-order chi connectivity index (χ1) is 16.5. The van der Waals surface area contributed by atoms with Gasteiger partial charge in [0.25, 0.3) is 5.82 Å². The summed E-state index contributed by atoms with van der Waals surface area (Å²) in [4.78, 5) is 13.7. The van der Waals surface area contributed by atoms with Crippen LogP contribution in [0.3, 0.4) is 0 Å². The maximum Gasteiger partial charge on any atom is 0.332 e. The van der Waals surface area contributed by atoms with Crippen LogP contribution in [-0.4, -0.2) is 22.1 Å². The number of pyridine rings is 2. The standard InChI is InChI=1S/C24H25N4O5P/c1-17-12-19(9-10-26-17)15-31-21-7-5-18(6-8-21)13-20-14-23(33-27-20)22-4-3-11-28(24(22)25)16-32-34(29)30-2/h3-12,14,25,29H,13,15-16H2,1-2H3/p+1. The molecular weight excluding hydrogens is 455 g/mol. The lowest BCUT2D eigenvalue weighted by molar-refractivity contribution is -0.711. The molecule has 1 unspecified atom stereocenters. The molecule has 3 heterocycles. The van der Waals surface area contributed by atoms with Gasteiger partial charge in [-0.3, -0.25) is 15.2 Å². The van der Waals surface area contributed by atoms with Crippen molar-refractivity contribution in [2.75, 3.05) is 12.8 Å². The molecule has 1 atom stereocenters. The first-order valence-electron chi connectivity index (χ1n) is 10.5. The monoisotopic (exact) mass is 481 g/mol. The molecule has 0 radical (unpaired) electrons. The number of ether oxygens (including phenoxy) is 1. The summed E-state index contributed by atoms with van der Waals surface area (Å²) in [7, 11) is -0.573. The molecule has 0 bridgehead atoms. The number of aryl methyl sites for hydroxylation is 1. The van der Waals surface area contributed by atoms with E-state index in [1.165, 1.54) is 7.11 Å². The van der Waals surface area contributed by atoms with Gasteiger partial charge in [0.15, 0.2) is 12.5 Å². The molecule has 3 aromatic heterocycles.